The van der Waals surface area contributed by atoms with Gasteiger partial charge in [-0.1, -0.05) is 57.0 Å². The van der Waals surface area contributed by atoms with Gasteiger partial charge in [-0.25, -0.2) is 4.79 Å². The molecule has 1 aromatic carbocycles. The van der Waals surface area contributed by atoms with Gasteiger partial charge in [0, 0.05) is 51.0 Å². The largest absolute Gasteiger partial charge is 0.458 e. The molecule has 5 heterocycles. The molecule has 18 unspecified atom stereocenters. The minimum atomic E-state index is -1.45. The van der Waals surface area contributed by atoms with Crippen LogP contribution in [0.1, 0.15) is 113 Å². The van der Waals surface area contributed by atoms with Crippen LogP contribution < -0.4 is 0 Å². The number of carbonyl (C=O) groups is 3. The highest BCUT2D eigenvalue weighted by Crippen LogP contribution is 2.45. The van der Waals surface area contributed by atoms with E-state index in [1.165, 1.54) is 7.11 Å². The van der Waals surface area contributed by atoms with Gasteiger partial charge in [0.2, 0.25) is 0 Å². The van der Waals surface area contributed by atoms with E-state index < -0.39 is 108 Å². The zero-order valence-electron chi connectivity index (χ0n) is 41.0. The molecule has 0 radical (unpaired) electrons. The summed E-state index contributed by atoms with van der Waals surface area (Å²) >= 11 is 12.6. The molecule has 0 saturated carbocycles. The maximum atomic E-state index is 15.1. The summed E-state index contributed by atoms with van der Waals surface area (Å²) in [5.74, 6) is -3.98. The molecule has 374 valence electrons. The summed E-state index contributed by atoms with van der Waals surface area (Å²) in [6.07, 6.45) is -4.96. The van der Waals surface area contributed by atoms with Gasteiger partial charge in [-0.05, 0) is 111 Å². The minimum absolute atomic E-state index is 0.126. The number of fused-ring (bicyclic) bond motifs is 1. The van der Waals surface area contributed by atoms with Crippen LogP contribution in [0.4, 0.5) is 4.79 Å². The van der Waals surface area contributed by atoms with Gasteiger partial charge >= 0.3 is 12.1 Å². The molecule has 0 aliphatic carbocycles. The van der Waals surface area contributed by atoms with E-state index in [4.69, 9.17) is 61.1 Å². The molecule has 5 saturated heterocycles. The van der Waals surface area contributed by atoms with E-state index in [0.29, 0.717) is 22.9 Å². The fraction of sp³-hybridized carbons (Fsp3) is 0.816. The van der Waals surface area contributed by atoms with E-state index in [1.807, 2.05) is 40.7 Å². The number of rotatable bonds is 11. The molecule has 1 aromatic rings. The lowest BCUT2D eigenvalue weighted by atomic mass is 9.73. The molecule has 6 rings (SSSR count). The smallest absolute Gasteiger partial charge is 0.410 e. The van der Waals surface area contributed by atoms with Gasteiger partial charge in [-0.2, -0.15) is 0 Å². The number of hydrogen-bond donors (Lipinski definition) is 2. The van der Waals surface area contributed by atoms with Gasteiger partial charge < -0.3 is 48.1 Å². The van der Waals surface area contributed by atoms with Crippen LogP contribution >= 0.6 is 23.2 Å². The first-order valence-electron chi connectivity index (χ1n) is 24.0. The zero-order chi connectivity index (χ0) is 48.6. The highest BCUT2D eigenvalue weighted by Gasteiger charge is 2.61. The van der Waals surface area contributed by atoms with Gasteiger partial charge in [0.15, 0.2) is 18.2 Å². The number of ketones is 1. The Hall–Kier alpha value is -2.15. The van der Waals surface area contributed by atoms with Gasteiger partial charge in [0.25, 0.3) is 0 Å². The number of aliphatic hydroxyl groups excluding tert-OH is 2. The first-order valence-corrected chi connectivity index (χ1v) is 24.8. The van der Waals surface area contributed by atoms with Gasteiger partial charge in [-0.3, -0.25) is 19.4 Å². The Bertz CT molecular complexity index is 1860. The van der Waals surface area contributed by atoms with E-state index in [-0.39, 0.29) is 43.7 Å². The van der Waals surface area contributed by atoms with Crippen molar-refractivity contribution in [3.8, 4) is 0 Å². The third-order valence-corrected chi connectivity index (χ3v) is 16.4. The van der Waals surface area contributed by atoms with E-state index >= 15 is 4.79 Å². The summed E-state index contributed by atoms with van der Waals surface area (Å²) in [7, 11) is 3.08. The fourth-order valence-electron chi connectivity index (χ4n) is 11.7. The number of carbonyl (C=O) groups excluding carboxylic acids is 3. The van der Waals surface area contributed by atoms with Crippen molar-refractivity contribution in [2.75, 3.05) is 33.9 Å². The fourth-order valence-corrected chi connectivity index (χ4v) is 12.0. The van der Waals surface area contributed by atoms with Crippen molar-refractivity contribution in [1.82, 2.24) is 9.80 Å². The van der Waals surface area contributed by atoms with Crippen LogP contribution in [0, 0.1) is 23.7 Å². The third-order valence-electron chi connectivity index (χ3n) is 15.7. The summed E-state index contributed by atoms with van der Waals surface area (Å²) in [5.41, 5.74) is -2.93. The zero-order valence-corrected chi connectivity index (χ0v) is 42.5. The van der Waals surface area contributed by atoms with E-state index in [0.717, 1.165) is 31.5 Å². The number of esters is 1. The Morgan fingerprint density at radius 1 is 0.864 bits per heavy atom. The predicted octanol–water partition coefficient (Wildman–Crippen LogP) is 6.99. The summed E-state index contributed by atoms with van der Waals surface area (Å²) < 4.78 is 51.8. The molecule has 1 amide bonds. The van der Waals surface area contributed by atoms with E-state index in [2.05, 4.69) is 4.90 Å². The first-order chi connectivity index (χ1) is 31.0. The number of benzene rings is 1. The summed E-state index contributed by atoms with van der Waals surface area (Å²) in [4.78, 5) is 48.0. The van der Waals surface area contributed by atoms with Crippen molar-refractivity contribution < 1.29 is 62.5 Å². The number of aliphatic hydroxyl groups is 2. The second-order valence-electron chi connectivity index (χ2n) is 20.4. The Morgan fingerprint density at radius 3 is 2.15 bits per heavy atom. The second kappa shape index (κ2) is 21.5. The van der Waals surface area contributed by atoms with Crippen LogP contribution in [0.25, 0.3) is 0 Å². The first kappa shape index (κ1) is 53.2. The maximum absolute atomic E-state index is 15.1. The average molecular weight is 972 g/mol. The minimum Gasteiger partial charge on any atom is -0.458 e. The maximum Gasteiger partial charge on any atom is 0.410 e. The van der Waals surface area contributed by atoms with Crippen molar-refractivity contribution in [2.45, 2.75) is 198 Å². The lowest BCUT2D eigenvalue weighted by molar-refractivity contribution is -0.319. The molecule has 0 spiro atoms. The Balaban J connectivity index is 1.44. The molecular weight excluding hydrogens is 895 g/mol. The van der Waals surface area contributed by atoms with Crippen molar-refractivity contribution in [3.05, 3.63) is 33.8 Å². The number of ether oxygens (including phenoxy) is 8. The molecule has 5 fully saturated rings. The number of methoxy groups -OCH3 is 2. The lowest BCUT2D eigenvalue weighted by Gasteiger charge is -2.50. The molecule has 15 nitrogen and oxygen atoms in total. The number of halogens is 2. The molecule has 0 bridgehead atoms. The van der Waals surface area contributed by atoms with Crippen LogP contribution in [0.15, 0.2) is 18.2 Å². The standard InChI is InChI=1S/C49H76Cl2N2O13/c1-13-36-49(10)41(53(46(58)66-49)21-18-32-16-17-33(50)34(51)23-32)28(4)38(54)26(2)24-48(9,60-12)43(65-45-39(55)35(22-27(3)61-45)52-19-14-15-20-52)29(5)40(30(6)44(57)63-36)64-37-25-47(8,59-11)42(56)31(7)62-37/h16-17,23,26-31,35-37,39-43,45,55-56H,13-15,18-22,24-25H2,1-12H3. The molecule has 5 aliphatic heterocycles. The molecule has 17 heteroatoms. The van der Waals surface area contributed by atoms with Gasteiger partial charge in [-0.15, -0.1) is 0 Å². The quantitative estimate of drug-likeness (QED) is 0.218. The van der Waals surface area contributed by atoms with E-state index in [1.54, 1.807) is 58.8 Å². The third kappa shape index (κ3) is 10.8. The molecule has 66 heavy (non-hydrogen) atoms. The van der Waals surface area contributed by atoms with Crippen molar-refractivity contribution in [1.29, 1.82) is 0 Å². The number of nitrogens with zero attached hydrogens (tertiary/aromatic N) is 2. The highest BCUT2D eigenvalue weighted by molar-refractivity contribution is 6.42. The molecular formula is C49H76Cl2N2O13. The van der Waals surface area contributed by atoms with Gasteiger partial charge in [0.05, 0.1) is 57.6 Å². The lowest BCUT2D eigenvalue weighted by Crippen LogP contribution is -2.62. The summed E-state index contributed by atoms with van der Waals surface area (Å²) in [6.45, 7) is 20.1. The van der Waals surface area contributed by atoms with Crippen LogP contribution in [-0.2, 0) is 53.9 Å². The van der Waals surface area contributed by atoms with Crippen molar-refractivity contribution in [2.24, 2.45) is 23.7 Å². The number of likely N-dealkylation sites (tertiary alicyclic amines) is 1. The summed E-state index contributed by atoms with van der Waals surface area (Å²) in [5, 5.41) is 24.0. The molecule has 5 aliphatic rings. The van der Waals surface area contributed by atoms with Crippen molar-refractivity contribution >= 4 is 41.0 Å². The second-order valence-corrected chi connectivity index (χ2v) is 21.2. The van der Waals surface area contributed by atoms with Crippen LogP contribution in [0.5, 0.6) is 0 Å². The molecule has 0 aromatic heterocycles. The number of hydrogen-bond acceptors (Lipinski definition) is 14. The van der Waals surface area contributed by atoms with E-state index in [9.17, 15) is 19.8 Å². The molecule has 2 N–H and O–H groups in total. The van der Waals surface area contributed by atoms with Gasteiger partial charge in [0.1, 0.15) is 24.1 Å². The van der Waals surface area contributed by atoms with Crippen molar-refractivity contribution in [3.63, 3.8) is 0 Å². The Kier molecular flexibility index (Phi) is 17.3. The normalized spacial score (nSPS) is 43.3. The molecule has 18 atom stereocenters. The van der Waals surface area contributed by atoms with Crippen LogP contribution in [-0.4, -0.2) is 156 Å². The topological polar surface area (TPSA) is 172 Å². The monoisotopic (exact) mass is 970 g/mol. The summed E-state index contributed by atoms with van der Waals surface area (Å²) in [6, 6.07) is 4.22. The highest BCUT2D eigenvalue weighted by atomic mass is 35.5. The number of Topliss-reactive ketones (excluding diaryl/α,β-unsaturated/α-hetero) is 1. The SMILES string of the molecule is CCC1OC(=O)C(C)C(OC2CC(C)(OC)C(O)C(C)O2)C(C)C(OC2OC(C)CC(N3CCCC3)C2O)C(C)(OC)CC(C)C(=O)C(C)C2N(CCc3ccc(Cl)c(Cl)c3)C(=O)OC12C. The Morgan fingerprint density at radius 2 is 1.53 bits per heavy atom. The van der Waals surface area contributed by atoms with Crippen LogP contribution in [0.3, 0.4) is 0 Å². The van der Waals surface area contributed by atoms with Crippen LogP contribution in [0.2, 0.25) is 10.0 Å². The Labute approximate surface area is 401 Å². The average Bonchev–Trinajstić information content (AvgIpc) is 3.91. The predicted molar refractivity (Wildman–Crippen MR) is 247 cm³/mol. The number of amides is 1. The number of cyclic esters (lactones) is 1.